The molecule has 22 heavy (non-hydrogen) atoms. The first-order valence-electron chi connectivity index (χ1n) is 9.53. The molecule has 0 bridgehead atoms. The van der Waals surface area contributed by atoms with E-state index in [1.807, 2.05) is 11.3 Å². The zero-order valence-electron chi connectivity index (χ0n) is 14.7. The Kier molecular flexibility index (Phi) is 14.5. The molecule has 0 nitrogen and oxygen atoms in total. The Morgan fingerprint density at radius 3 is 1.91 bits per heavy atom. The lowest BCUT2D eigenvalue weighted by Gasteiger charge is -2.03. The van der Waals surface area contributed by atoms with Crippen LogP contribution in [0.25, 0.3) is 0 Å². The van der Waals surface area contributed by atoms with Crippen molar-refractivity contribution >= 4 is 23.1 Å². The van der Waals surface area contributed by atoms with Crippen LogP contribution in [0.15, 0.2) is 17.5 Å². The number of hydrogen-bond donors (Lipinski definition) is 0. The van der Waals surface area contributed by atoms with Crippen molar-refractivity contribution in [2.45, 2.75) is 90.4 Å². The number of unbranched alkanes of at least 4 members (excludes halogenated alkanes) is 10. The molecule has 1 rings (SSSR count). The summed E-state index contributed by atoms with van der Waals surface area (Å²) in [7, 11) is 0. The summed E-state index contributed by atoms with van der Waals surface area (Å²) in [4.78, 5) is 1.56. The highest BCUT2D eigenvalue weighted by Crippen LogP contribution is 2.15. The van der Waals surface area contributed by atoms with Gasteiger partial charge in [0.25, 0.3) is 0 Å². The van der Waals surface area contributed by atoms with Gasteiger partial charge in [0.2, 0.25) is 0 Å². The van der Waals surface area contributed by atoms with Gasteiger partial charge in [-0.2, -0.15) is 11.8 Å². The van der Waals surface area contributed by atoms with E-state index in [1.165, 1.54) is 95.0 Å². The predicted octanol–water partition coefficient (Wildman–Crippen LogP) is 7.72. The average molecular weight is 341 g/mol. The number of hydrogen-bond acceptors (Lipinski definition) is 2. The van der Waals surface area contributed by atoms with Gasteiger partial charge >= 0.3 is 0 Å². The summed E-state index contributed by atoms with van der Waals surface area (Å²) in [5, 5.41) is 2.19. The fourth-order valence-corrected chi connectivity index (χ4v) is 4.45. The average Bonchev–Trinajstić information content (AvgIpc) is 3.04. The molecule has 1 aromatic heterocycles. The van der Waals surface area contributed by atoms with Crippen molar-refractivity contribution < 1.29 is 0 Å². The van der Waals surface area contributed by atoms with Gasteiger partial charge in [0.15, 0.2) is 0 Å². The Labute approximate surface area is 147 Å². The fourth-order valence-electron chi connectivity index (χ4n) is 2.80. The van der Waals surface area contributed by atoms with Crippen LogP contribution in [-0.2, 0) is 6.42 Å². The van der Waals surface area contributed by atoms with Gasteiger partial charge in [-0.15, -0.1) is 11.3 Å². The molecule has 0 saturated carbocycles. The van der Waals surface area contributed by atoms with Gasteiger partial charge in [-0.25, -0.2) is 0 Å². The molecule has 0 unspecified atom stereocenters. The van der Waals surface area contributed by atoms with Gasteiger partial charge in [-0.1, -0.05) is 70.8 Å². The van der Waals surface area contributed by atoms with E-state index in [1.54, 1.807) is 4.88 Å². The minimum atomic E-state index is 1.30. The van der Waals surface area contributed by atoms with Crippen molar-refractivity contribution in [2.75, 3.05) is 11.5 Å². The summed E-state index contributed by atoms with van der Waals surface area (Å²) in [6.07, 6.45) is 18.6. The van der Waals surface area contributed by atoms with E-state index >= 15 is 0 Å². The van der Waals surface area contributed by atoms with Crippen molar-refractivity contribution in [1.29, 1.82) is 0 Å². The topological polar surface area (TPSA) is 0 Å². The van der Waals surface area contributed by atoms with Crippen LogP contribution in [0.1, 0.15) is 88.9 Å². The highest BCUT2D eigenvalue weighted by Gasteiger charge is 1.96. The molecular weight excluding hydrogens is 304 g/mol. The normalized spacial score (nSPS) is 11.1. The lowest BCUT2D eigenvalue weighted by atomic mass is 10.1. The maximum absolute atomic E-state index is 2.27. The van der Waals surface area contributed by atoms with Crippen molar-refractivity contribution in [3.8, 4) is 0 Å². The van der Waals surface area contributed by atoms with Crippen molar-refractivity contribution in [1.82, 2.24) is 0 Å². The molecule has 0 amide bonds. The Morgan fingerprint density at radius 1 is 0.773 bits per heavy atom. The minimum absolute atomic E-state index is 1.30. The second kappa shape index (κ2) is 15.9. The van der Waals surface area contributed by atoms with E-state index < -0.39 is 0 Å². The number of aryl methyl sites for hydroxylation is 1. The van der Waals surface area contributed by atoms with Crippen LogP contribution < -0.4 is 0 Å². The molecule has 0 saturated heterocycles. The summed E-state index contributed by atoms with van der Waals surface area (Å²) in [5.41, 5.74) is 0. The second-order valence-corrected chi connectivity index (χ2v) is 8.59. The molecule has 0 radical (unpaired) electrons. The molecule has 0 aliphatic heterocycles. The molecule has 0 aliphatic rings. The molecule has 0 fully saturated rings. The van der Waals surface area contributed by atoms with Crippen LogP contribution in [0.2, 0.25) is 0 Å². The predicted molar refractivity (Wildman–Crippen MR) is 106 cm³/mol. The number of rotatable bonds is 16. The maximum atomic E-state index is 2.27. The largest absolute Gasteiger partial charge is 0.162 e. The first-order valence-corrected chi connectivity index (χ1v) is 11.6. The minimum Gasteiger partial charge on any atom is -0.162 e. The van der Waals surface area contributed by atoms with Gasteiger partial charge in [0.05, 0.1) is 0 Å². The maximum Gasteiger partial charge on any atom is 0.00452 e. The molecule has 1 aromatic rings. The van der Waals surface area contributed by atoms with Gasteiger partial charge in [0.1, 0.15) is 0 Å². The lowest BCUT2D eigenvalue weighted by molar-refractivity contribution is 0.550. The highest BCUT2D eigenvalue weighted by atomic mass is 32.2. The van der Waals surface area contributed by atoms with Gasteiger partial charge in [-0.05, 0) is 48.6 Å². The van der Waals surface area contributed by atoms with Gasteiger partial charge < -0.3 is 0 Å². The SMILES string of the molecule is CCCSCCCCCCCCCCCCCc1cccs1. The van der Waals surface area contributed by atoms with Crippen LogP contribution in [0, 0.1) is 0 Å². The molecule has 0 atom stereocenters. The summed E-state index contributed by atoms with van der Waals surface area (Å²) in [5.74, 6) is 2.74. The van der Waals surface area contributed by atoms with Gasteiger partial charge in [0, 0.05) is 4.88 Å². The monoisotopic (exact) mass is 340 g/mol. The van der Waals surface area contributed by atoms with Crippen molar-refractivity contribution in [3.05, 3.63) is 22.4 Å². The zero-order valence-corrected chi connectivity index (χ0v) is 16.3. The third-order valence-corrected chi connectivity index (χ3v) is 6.35. The Hall–Kier alpha value is 0.0500. The quantitative estimate of drug-likeness (QED) is 0.277. The van der Waals surface area contributed by atoms with Crippen LogP contribution >= 0.6 is 23.1 Å². The molecule has 0 N–H and O–H groups in total. The summed E-state index contributed by atoms with van der Waals surface area (Å²) in [6.45, 7) is 2.27. The van der Waals surface area contributed by atoms with Gasteiger partial charge in [-0.3, -0.25) is 0 Å². The lowest BCUT2D eigenvalue weighted by Crippen LogP contribution is -1.85. The third-order valence-electron chi connectivity index (χ3n) is 4.14. The first kappa shape index (κ1) is 20.1. The third kappa shape index (κ3) is 12.6. The molecule has 0 spiro atoms. The van der Waals surface area contributed by atoms with E-state index in [-0.39, 0.29) is 0 Å². The Balaban J connectivity index is 1.68. The van der Waals surface area contributed by atoms with E-state index in [2.05, 4.69) is 36.2 Å². The van der Waals surface area contributed by atoms with Crippen LogP contribution in [0.4, 0.5) is 0 Å². The molecule has 0 aromatic carbocycles. The number of thioether (sulfide) groups is 1. The van der Waals surface area contributed by atoms with E-state index in [4.69, 9.17) is 0 Å². The number of thiophene rings is 1. The van der Waals surface area contributed by atoms with E-state index in [0.717, 1.165) is 0 Å². The highest BCUT2D eigenvalue weighted by molar-refractivity contribution is 7.99. The Morgan fingerprint density at radius 2 is 1.36 bits per heavy atom. The van der Waals surface area contributed by atoms with Crippen molar-refractivity contribution in [2.24, 2.45) is 0 Å². The summed E-state index contributed by atoms with van der Waals surface area (Å²) >= 11 is 4.04. The fraction of sp³-hybridized carbons (Fsp3) is 0.800. The van der Waals surface area contributed by atoms with E-state index in [9.17, 15) is 0 Å². The van der Waals surface area contributed by atoms with Crippen molar-refractivity contribution in [3.63, 3.8) is 0 Å². The van der Waals surface area contributed by atoms with Crippen LogP contribution in [0.5, 0.6) is 0 Å². The standard InChI is InChI=1S/C20H36S2/c1-2-17-21-18-13-11-9-7-5-3-4-6-8-10-12-15-20-16-14-19-22-20/h14,16,19H,2-13,15,17-18H2,1H3. The summed E-state index contributed by atoms with van der Waals surface area (Å²) in [6, 6.07) is 4.44. The smallest absolute Gasteiger partial charge is 0.00452 e. The zero-order chi connectivity index (χ0) is 15.7. The van der Waals surface area contributed by atoms with E-state index in [0.29, 0.717) is 0 Å². The summed E-state index contributed by atoms with van der Waals surface area (Å²) < 4.78 is 0. The molecule has 128 valence electrons. The first-order chi connectivity index (χ1) is 10.9. The second-order valence-electron chi connectivity index (χ2n) is 6.33. The molecule has 0 aliphatic carbocycles. The molecular formula is C20H36S2. The van der Waals surface area contributed by atoms with Crippen LogP contribution in [0.3, 0.4) is 0 Å². The molecule has 2 heteroatoms. The van der Waals surface area contributed by atoms with Crippen LogP contribution in [-0.4, -0.2) is 11.5 Å². The Bertz CT molecular complexity index is 306. The molecule has 1 heterocycles.